The molecule has 1 saturated heterocycles. The number of β-amino-alcohol motifs (C(OH)–C–C–N with tert-alkyl or cyclic N) is 2. The summed E-state index contributed by atoms with van der Waals surface area (Å²) in [7, 11) is 0. The molecule has 120 valence electrons. The predicted molar refractivity (Wildman–Crippen MR) is 84.5 cm³/mol. The Labute approximate surface area is 130 Å². The molecular formula is C15H26N2O3S. The zero-order valence-corrected chi connectivity index (χ0v) is 13.5. The molecule has 0 unspecified atom stereocenters. The third-order valence-corrected chi connectivity index (χ3v) is 4.44. The standard InChI is InChI=1S/C15H26N2O3S/c1-13(18)9-16-4-6-17(7-5-16)10-14(19)11-20-12-15-3-2-8-21-15/h2-3,8,13-14,18-19H,4-7,9-12H2,1H3/t13-,14-/m1/s1. The Bertz CT molecular complexity index is 378. The van der Waals surface area contributed by atoms with Gasteiger partial charge in [-0.05, 0) is 18.4 Å². The Morgan fingerprint density at radius 2 is 1.86 bits per heavy atom. The number of aliphatic hydroxyl groups is 2. The second-order valence-electron chi connectivity index (χ2n) is 5.70. The first-order valence-electron chi connectivity index (χ1n) is 7.54. The summed E-state index contributed by atoms with van der Waals surface area (Å²) in [6.45, 7) is 7.96. The fraction of sp³-hybridized carbons (Fsp3) is 0.733. The number of piperazine rings is 1. The lowest BCUT2D eigenvalue weighted by Gasteiger charge is -2.36. The molecular weight excluding hydrogens is 288 g/mol. The molecule has 0 amide bonds. The van der Waals surface area contributed by atoms with Gasteiger partial charge in [0, 0.05) is 44.1 Å². The monoisotopic (exact) mass is 314 g/mol. The van der Waals surface area contributed by atoms with E-state index in [0.717, 1.165) is 32.7 Å². The van der Waals surface area contributed by atoms with Crippen molar-refractivity contribution in [2.45, 2.75) is 25.7 Å². The van der Waals surface area contributed by atoms with Crippen molar-refractivity contribution in [3.63, 3.8) is 0 Å². The van der Waals surface area contributed by atoms with E-state index in [-0.39, 0.29) is 6.10 Å². The maximum Gasteiger partial charge on any atom is 0.0900 e. The normalized spacial score (nSPS) is 20.5. The minimum atomic E-state index is -0.437. The summed E-state index contributed by atoms with van der Waals surface area (Å²) in [5, 5.41) is 21.4. The summed E-state index contributed by atoms with van der Waals surface area (Å²) < 4.78 is 5.55. The van der Waals surface area contributed by atoms with Gasteiger partial charge in [-0.25, -0.2) is 0 Å². The van der Waals surface area contributed by atoms with Crippen LogP contribution in [-0.2, 0) is 11.3 Å². The van der Waals surface area contributed by atoms with Crippen LogP contribution in [0.1, 0.15) is 11.8 Å². The van der Waals surface area contributed by atoms with E-state index < -0.39 is 6.10 Å². The van der Waals surface area contributed by atoms with E-state index in [4.69, 9.17) is 4.74 Å². The average molecular weight is 314 g/mol. The van der Waals surface area contributed by atoms with Crippen LogP contribution in [0.25, 0.3) is 0 Å². The zero-order valence-electron chi connectivity index (χ0n) is 12.6. The number of aliphatic hydroxyl groups excluding tert-OH is 2. The van der Waals surface area contributed by atoms with E-state index >= 15 is 0 Å². The van der Waals surface area contributed by atoms with Crippen molar-refractivity contribution in [1.29, 1.82) is 0 Å². The smallest absolute Gasteiger partial charge is 0.0900 e. The maximum atomic E-state index is 10.0. The van der Waals surface area contributed by atoms with Gasteiger partial charge in [-0.15, -0.1) is 11.3 Å². The van der Waals surface area contributed by atoms with Crippen LogP contribution in [0.5, 0.6) is 0 Å². The number of thiophene rings is 1. The number of hydrogen-bond donors (Lipinski definition) is 2. The van der Waals surface area contributed by atoms with Crippen molar-refractivity contribution >= 4 is 11.3 Å². The first-order valence-corrected chi connectivity index (χ1v) is 8.42. The highest BCUT2D eigenvalue weighted by molar-refractivity contribution is 7.09. The Morgan fingerprint density at radius 3 is 2.43 bits per heavy atom. The highest BCUT2D eigenvalue weighted by atomic mass is 32.1. The molecule has 21 heavy (non-hydrogen) atoms. The van der Waals surface area contributed by atoms with Gasteiger partial charge >= 0.3 is 0 Å². The summed E-state index contributed by atoms with van der Waals surface area (Å²) in [5.41, 5.74) is 0. The Hall–Kier alpha value is -0.500. The zero-order chi connectivity index (χ0) is 15.1. The molecule has 1 fully saturated rings. The molecule has 2 N–H and O–H groups in total. The van der Waals surface area contributed by atoms with Crippen LogP contribution in [0.2, 0.25) is 0 Å². The number of hydrogen-bond acceptors (Lipinski definition) is 6. The maximum absolute atomic E-state index is 10.0. The molecule has 0 radical (unpaired) electrons. The fourth-order valence-corrected chi connectivity index (χ4v) is 3.21. The lowest BCUT2D eigenvalue weighted by atomic mass is 10.2. The van der Waals surface area contributed by atoms with Crippen LogP contribution in [-0.4, -0.2) is 78.1 Å². The molecule has 1 aromatic rings. The number of nitrogens with zero attached hydrogens (tertiary/aromatic N) is 2. The summed E-state index contributed by atoms with van der Waals surface area (Å²) in [4.78, 5) is 5.72. The predicted octanol–water partition coefficient (Wildman–Crippen LogP) is 0.624. The summed E-state index contributed by atoms with van der Waals surface area (Å²) in [6, 6.07) is 4.05. The van der Waals surface area contributed by atoms with E-state index in [1.54, 1.807) is 11.3 Å². The highest BCUT2D eigenvalue weighted by Crippen LogP contribution is 2.10. The van der Waals surface area contributed by atoms with E-state index in [2.05, 4.69) is 9.80 Å². The molecule has 0 aromatic carbocycles. The third kappa shape index (κ3) is 6.42. The molecule has 2 atom stereocenters. The topological polar surface area (TPSA) is 56.2 Å². The van der Waals surface area contributed by atoms with Crippen LogP contribution in [0.15, 0.2) is 17.5 Å². The van der Waals surface area contributed by atoms with Gasteiger partial charge in [0.25, 0.3) is 0 Å². The Kier molecular flexibility index (Phi) is 7.09. The molecule has 0 bridgehead atoms. The molecule has 0 saturated carbocycles. The second-order valence-corrected chi connectivity index (χ2v) is 6.73. The van der Waals surface area contributed by atoms with Crippen LogP contribution >= 0.6 is 11.3 Å². The van der Waals surface area contributed by atoms with Crippen molar-refractivity contribution in [1.82, 2.24) is 9.80 Å². The van der Waals surface area contributed by atoms with Gasteiger partial charge in [0.05, 0.1) is 25.4 Å². The molecule has 2 rings (SSSR count). The van der Waals surface area contributed by atoms with Crippen molar-refractivity contribution in [2.24, 2.45) is 0 Å². The van der Waals surface area contributed by atoms with Gasteiger partial charge in [-0.2, -0.15) is 0 Å². The SMILES string of the molecule is C[C@@H](O)CN1CCN(C[C@@H](O)COCc2cccs2)CC1. The summed E-state index contributed by atoms with van der Waals surface area (Å²) in [6.07, 6.45) is -0.707. The molecule has 2 heterocycles. The number of ether oxygens (including phenoxy) is 1. The first kappa shape index (κ1) is 16.9. The highest BCUT2D eigenvalue weighted by Gasteiger charge is 2.19. The van der Waals surface area contributed by atoms with Gasteiger partial charge < -0.3 is 14.9 Å². The molecule has 0 aliphatic carbocycles. The molecule has 5 nitrogen and oxygen atoms in total. The van der Waals surface area contributed by atoms with Crippen molar-refractivity contribution in [3.05, 3.63) is 22.4 Å². The van der Waals surface area contributed by atoms with E-state index in [0.29, 0.717) is 19.8 Å². The van der Waals surface area contributed by atoms with Gasteiger partial charge in [-0.1, -0.05) is 6.07 Å². The van der Waals surface area contributed by atoms with Crippen LogP contribution in [0, 0.1) is 0 Å². The average Bonchev–Trinajstić information content (AvgIpc) is 2.93. The van der Waals surface area contributed by atoms with E-state index in [1.807, 2.05) is 24.4 Å². The van der Waals surface area contributed by atoms with Crippen LogP contribution < -0.4 is 0 Å². The van der Waals surface area contributed by atoms with Gasteiger partial charge in [0.1, 0.15) is 0 Å². The second kappa shape index (κ2) is 8.82. The Balaban J connectivity index is 1.57. The largest absolute Gasteiger partial charge is 0.392 e. The molecule has 1 aliphatic heterocycles. The van der Waals surface area contributed by atoms with Gasteiger partial charge in [0.15, 0.2) is 0 Å². The van der Waals surface area contributed by atoms with E-state index in [9.17, 15) is 10.2 Å². The molecule has 1 aromatic heterocycles. The van der Waals surface area contributed by atoms with Crippen LogP contribution in [0.3, 0.4) is 0 Å². The number of rotatable bonds is 8. The Morgan fingerprint density at radius 1 is 1.19 bits per heavy atom. The molecule has 1 aliphatic rings. The van der Waals surface area contributed by atoms with Gasteiger partial charge in [0.2, 0.25) is 0 Å². The van der Waals surface area contributed by atoms with Crippen molar-refractivity contribution in [3.8, 4) is 0 Å². The van der Waals surface area contributed by atoms with Crippen LogP contribution in [0.4, 0.5) is 0 Å². The first-order chi connectivity index (χ1) is 10.1. The van der Waals surface area contributed by atoms with Gasteiger partial charge in [-0.3, -0.25) is 9.80 Å². The summed E-state index contributed by atoms with van der Waals surface area (Å²) in [5.74, 6) is 0. The van der Waals surface area contributed by atoms with Crippen molar-refractivity contribution in [2.75, 3.05) is 45.9 Å². The minimum Gasteiger partial charge on any atom is -0.392 e. The quantitative estimate of drug-likeness (QED) is 0.737. The molecule has 0 spiro atoms. The molecule has 6 heteroatoms. The third-order valence-electron chi connectivity index (χ3n) is 3.59. The summed E-state index contributed by atoms with van der Waals surface area (Å²) >= 11 is 1.67. The lowest BCUT2D eigenvalue weighted by molar-refractivity contribution is -0.000814. The van der Waals surface area contributed by atoms with E-state index in [1.165, 1.54) is 4.88 Å². The lowest BCUT2D eigenvalue weighted by Crippen LogP contribution is -2.50. The van der Waals surface area contributed by atoms with Crippen molar-refractivity contribution < 1.29 is 14.9 Å². The minimum absolute atomic E-state index is 0.271. The fourth-order valence-electron chi connectivity index (χ4n) is 2.57.